The number of carbonyl (C=O) groups excluding carboxylic acids is 1. The van der Waals surface area contributed by atoms with Crippen molar-refractivity contribution in [2.45, 2.75) is 12.5 Å². The number of hydrogen-bond acceptors (Lipinski definition) is 3. The van der Waals surface area contributed by atoms with Crippen LogP contribution in [0.3, 0.4) is 0 Å². The van der Waals surface area contributed by atoms with Gasteiger partial charge in [-0.05, 0) is 5.56 Å². The first-order chi connectivity index (χ1) is 9.13. The highest BCUT2D eigenvalue weighted by Gasteiger charge is 2.20. The molecule has 0 fully saturated rings. The van der Waals surface area contributed by atoms with Crippen molar-refractivity contribution in [3.05, 3.63) is 48.6 Å². The maximum Gasteiger partial charge on any atom is 0.326 e. The van der Waals surface area contributed by atoms with E-state index < -0.39 is 17.9 Å². The Labute approximate surface area is 111 Å². The molecule has 0 bridgehead atoms. The Bertz CT molecular complexity index is 430. The van der Waals surface area contributed by atoms with Gasteiger partial charge in [0.25, 0.3) is 0 Å². The fourth-order valence-electron chi connectivity index (χ4n) is 1.52. The quantitative estimate of drug-likeness (QED) is 0.542. The minimum atomic E-state index is -1.07. The molecular weight excluding hydrogens is 246 g/mol. The molecule has 0 aromatic heterocycles. The van der Waals surface area contributed by atoms with E-state index in [-0.39, 0.29) is 19.6 Å². The van der Waals surface area contributed by atoms with Crippen molar-refractivity contribution in [3.63, 3.8) is 0 Å². The number of carboxylic acid groups (broad SMARTS) is 1. The molecule has 102 valence electrons. The van der Waals surface area contributed by atoms with Crippen molar-refractivity contribution >= 4 is 11.9 Å². The number of carbonyl (C=O) groups is 2. The van der Waals surface area contributed by atoms with E-state index >= 15 is 0 Å². The summed E-state index contributed by atoms with van der Waals surface area (Å²) in [4.78, 5) is 22.6. The monoisotopic (exact) mass is 263 g/mol. The van der Waals surface area contributed by atoms with Crippen LogP contribution in [0, 0.1) is 0 Å². The smallest absolute Gasteiger partial charge is 0.326 e. The van der Waals surface area contributed by atoms with Gasteiger partial charge in [-0.25, -0.2) is 4.79 Å². The van der Waals surface area contributed by atoms with E-state index in [1.165, 1.54) is 6.08 Å². The summed E-state index contributed by atoms with van der Waals surface area (Å²) in [7, 11) is 0. The molecule has 2 N–H and O–H groups in total. The van der Waals surface area contributed by atoms with Gasteiger partial charge >= 0.3 is 5.97 Å². The summed E-state index contributed by atoms with van der Waals surface area (Å²) in [5.41, 5.74) is 0.849. The van der Waals surface area contributed by atoms with Crippen molar-refractivity contribution in [1.82, 2.24) is 5.32 Å². The van der Waals surface area contributed by atoms with Crippen LogP contribution < -0.4 is 5.32 Å². The van der Waals surface area contributed by atoms with Crippen molar-refractivity contribution < 1.29 is 19.4 Å². The first-order valence-corrected chi connectivity index (χ1v) is 5.88. The number of hydrogen-bond donors (Lipinski definition) is 2. The molecule has 5 nitrogen and oxygen atoms in total. The molecule has 19 heavy (non-hydrogen) atoms. The Hall–Kier alpha value is -2.14. The minimum absolute atomic E-state index is 0.176. The van der Waals surface area contributed by atoms with Gasteiger partial charge < -0.3 is 15.2 Å². The Morgan fingerprint density at radius 3 is 2.63 bits per heavy atom. The molecule has 0 saturated carbocycles. The summed E-state index contributed by atoms with van der Waals surface area (Å²) >= 11 is 0. The Balaban J connectivity index is 2.51. The summed E-state index contributed by atoms with van der Waals surface area (Å²) in [5, 5.41) is 11.5. The third kappa shape index (κ3) is 5.83. The Morgan fingerprint density at radius 1 is 1.37 bits per heavy atom. The molecule has 1 aromatic rings. The van der Waals surface area contributed by atoms with Gasteiger partial charge in [-0.1, -0.05) is 36.4 Å². The standard InChI is InChI=1S/C14H17NO4/c1-2-8-19-10-13(16)15-12(14(17)18)9-11-6-4-3-5-7-11/h2-7,12H,1,8-10H2,(H,15,16)(H,17,18)/t12-/m0/s1. The molecule has 0 heterocycles. The number of aliphatic carboxylic acids is 1. The highest BCUT2D eigenvalue weighted by Crippen LogP contribution is 2.03. The molecular formula is C14H17NO4. The lowest BCUT2D eigenvalue weighted by Gasteiger charge is -2.14. The second-order valence-electron chi connectivity index (χ2n) is 3.95. The summed E-state index contributed by atoms with van der Waals surface area (Å²) in [6.45, 7) is 3.53. The highest BCUT2D eigenvalue weighted by atomic mass is 16.5. The molecule has 1 aromatic carbocycles. The Kier molecular flexibility index (Phi) is 6.32. The van der Waals surface area contributed by atoms with Gasteiger partial charge in [0.05, 0.1) is 6.61 Å². The fraction of sp³-hybridized carbons (Fsp3) is 0.286. The van der Waals surface area contributed by atoms with Crippen LogP contribution in [-0.4, -0.2) is 36.2 Å². The van der Waals surface area contributed by atoms with Gasteiger partial charge in [0.2, 0.25) is 5.91 Å². The predicted octanol–water partition coefficient (Wildman–Crippen LogP) is 1.00. The third-order valence-corrected chi connectivity index (χ3v) is 2.38. The number of carboxylic acids is 1. The van der Waals surface area contributed by atoms with Crippen LogP contribution in [0.25, 0.3) is 0 Å². The molecule has 0 spiro atoms. The second-order valence-corrected chi connectivity index (χ2v) is 3.95. The summed E-state index contributed by atoms with van der Waals surface area (Å²) in [5.74, 6) is -1.52. The molecule has 0 aliphatic carbocycles. The van der Waals surface area contributed by atoms with Gasteiger partial charge in [-0.2, -0.15) is 0 Å². The van der Waals surface area contributed by atoms with Crippen molar-refractivity contribution in [2.75, 3.05) is 13.2 Å². The molecule has 1 rings (SSSR count). The van der Waals surface area contributed by atoms with Gasteiger partial charge in [0, 0.05) is 6.42 Å². The molecule has 1 amide bonds. The maximum atomic E-state index is 11.5. The van der Waals surface area contributed by atoms with Crippen LogP contribution in [0.5, 0.6) is 0 Å². The third-order valence-electron chi connectivity index (χ3n) is 2.38. The van der Waals surface area contributed by atoms with Gasteiger partial charge in [0.15, 0.2) is 0 Å². The first kappa shape index (κ1) is 14.9. The predicted molar refractivity (Wildman–Crippen MR) is 70.7 cm³/mol. The van der Waals surface area contributed by atoms with E-state index in [0.717, 1.165) is 5.56 Å². The lowest BCUT2D eigenvalue weighted by molar-refractivity contribution is -0.142. The SMILES string of the molecule is C=CCOCC(=O)N[C@@H](Cc1ccccc1)C(=O)O. The van der Waals surface area contributed by atoms with Gasteiger partial charge in [0.1, 0.15) is 12.6 Å². The van der Waals surface area contributed by atoms with Crippen LogP contribution in [0.1, 0.15) is 5.56 Å². The van der Waals surface area contributed by atoms with Gasteiger partial charge in [-0.15, -0.1) is 6.58 Å². The molecule has 1 atom stereocenters. The van der Waals surface area contributed by atoms with E-state index in [2.05, 4.69) is 11.9 Å². The lowest BCUT2D eigenvalue weighted by Crippen LogP contribution is -2.43. The van der Waals surface area contributed by atoms with Crippen LogP contribution in [0.15, 0.2) is 43.0 Å². The summed E-state index contributed by atoms with van der Waals surface area (Å²) < 4.78 is 4.95. The number of nitrogens with one attached hydrogen (secondary N) is 1. The largest absolute Gasteiger partial charge is 0.480 e. The summed E-state index contributed by atoms with van der Waals surface area (Å²) in [6.07, 6.45) is 1.76. The zero-order valence-electron chi connectivity index (χ0n) is 10.5. The van der Waals surface area contributed by atoms with Crippen LogP contribution in [0.4, 0.5) is 0 Å². The van der Waals surface area contributed by atoms with Crippen LogP contribution in [0.2, 0.25) is 0 Å². The lowest BCUT2D eigenvalue weighted by atomic mass is 10.1. The molecule has 0 unspecified atom stereocenters. The molecule has 0 aliphatic heterocycles. The molecule has 0 radical (unpaired) electrons. The number of rotatable bonds is 8. The topological polar surface area (TPSA) is 75.6 Å². The molecule has 0 aliphatic rings. The molecule has 0 saturated heterocycles. The van der Waals surface area contributed by atoms with E-state index in [1.807, 2.05) is 30.3 Å². The molecule has 5 heteroatoms. The average Bonchev–Trinajstić information content (AvgIpc) is 2.39. The van der Waals surface area contributed by atoms with Gasteiger partial charge in [-0.3, -0.25) is 4.79 Å². The van der Waals surface area contributed by atoms with E-state index in [4.69, 9.17) is 9.84 Å². The highest BCUT2D eigenvalue weighted by molar-refractivity contribution is 5.84. The zero-order valence-corrected chi connectivity index (χ0v) is 10.5. The zero-order chi connectivity index (χ0) is 14.1. The van der Waals surface area contributed by atoms with E-state index in [1.54, 1.807) is 0 Å². The van der Waals surface area contributed by atoms with Crippen LogP contribution >= 0.6 is 0 Å². The van der Waals surface area contributed by atoms with E-state index in [0.29, 0.717) is 0 Å². The fourth-order valence-corrected chi connectivity index (χ4v) is 1.52. The second kappa shape index (κ2) is 8.05. The average molecular weight is 263 g/mol. The minimum Gasteiger partial charge on any atom is -0.480 e. The normalized spacial score (nSPS) is 11.6. The van der Waals surface area contributed by atoms with E-state index in [9.17, 15) is 9.59 Å². The Morgan fingerprint density at radius 2 is 2.05 bits per heavy atom. The van der Waals surface area contributed by atoms with Crippen molar-refractivity contribution in [3.8, 4) is 0 Å². The number of ether oxygens (including phenoxy) is 1. The van der Waals surface area contributed by atoms with Crippen molar-refractivity contribution in [2.24, 2.45) is 0 Å². The number of benzene rings is 1. The van der Waals surface area contributed by atoms with Crippen molar-refractivity contribution in [1.29, 1.82) is 0 Å². The van der Waals surface area contributed by atoms with Crippen LogP contribution in [-0.2, 0) is 20.7 Å². The first-order valence-electron chi connectivity index (χ1n) is 5.88. The maximum absolute atomic E-state index is 11.5. The number of amides is 1. The summed E-state index contributed by atoms with van der Waals surface area (Å²) in [6, 6.07) is 8.17.